The number of carbonyl (C=O) groups excluding carboxylic acids is 1. The highest BCUT2D eigenvalue weighted by molar-refractivity contribution is 5.78. The Morgan fingerprint density at radius 2 is 1.89 bits per heavy atom. The van der Waals surface area contributed by atoms with Gasteiger partial charge >= 0.3 is 0 Å². The van der Waals surface area contributed by atoms with Crippen molar-refractivity contribution in [1.82, 2.24) is 9.78 Å². The predicted octanol–water partition coefficient (Wildman–Crippen LogP) is 2.68. The number of carbonyl (C=O) groups is 1. The number of ketones is 1. The predicted molar refractivity (Wildman–Crippen MR) is 71.6 cm³/mol. The second-order valence-electron chi connectivity index (χ2n) is 4.67. The molecule has 18 heavy (non-hydrogen) atoms. The van der Waals surface area contributed by atoms with Crippen molar-refractivity contribution in [2.45, 2.75) is 33.7 Å². The highest BCUT2D eigenvalue weighted by atomic mass is 16.1. The molecule has 0 saturated heterocycles. The Morgan fingerprint density at radius 3 is 2.50 bits per heavy atom. The summed E-state index contributed by atoms with van der Waals surface area (Å²) in [6.07, 6.45) is 0.479. The van der Waals surface area contributed by atoms with E-state index < -0.39 is 0 Å². The quantitative estimate of drug-likeness (QED) is 0.826. The number of Topliss-reactive ketones (excluding diaryl/α,β-unsaturated/α-hetero) is 1. The fourth-order valence-corrected chi connectivity index (χ4v) is 2.15. The normalized spacial score (nSPS) is 10.6. The topological polar surface area (TPSA) is 34.9 Å². The SMILES string of the molecule is CC(=O)Cc1c(C)nn(Cc2ccccc2)c1C. The molecule has 0 unspecified atom stereocenters. The molecule has 0 N–H and O–H groups in total. The summed E-state index contributed by atoms with van der Waals surface area (Å²) in [5, 5.41) is 4.52. The molecule has 0 radical (unpaired) electrons. The average Bonchev–Trinajstić information content (AvgIpc) is 2.58. The van der Waals surface area contributed by atoms with Crippen molar-refractivity contribution in [2.75, 3.05) is 0 Å². The van der Waals surface area contributed by atoms with E-state index in [1.807, 2.05) is 36.7 Å². The summed E-state index contributed by atoms with van der Waals surface area (Å²) in [5.41, 5.74) is 4.33. The van der Waals surface area contributed by atoms with E-state index >= 15 is 0 Å². The van der Waals surface area contributed by atoms with Crippen LogP contribution in [-0.4, -0.2) is 15.6 Å². The zero-order valence-corrected chi connectivity index (χ0v) is 11.1. The van der Waals surface area contributed by atoms with E-state index in [4.69, 9.17) is 0 Å². The van der Waals surface area contributed by atoms with Crippen LogP contribution in [0, 0.1) is 13.8 Å². The lowest BCUT2D eigenvalue weighted by atomic mass is 10.1. The van der Waals surface area contributed by atoms with Gasteiger partial charge in [-0.25, -0.2) is 0 Å². The fraction of sp³-hybridized carbons (Fsp3) is 0.333. The van der Waals surface area contributed by atoms with Crippen LogP contribution in [-0.2, 0) is 17.8 Å². The van der Waals surface area contributed by atoms with Gasteiger partial charge in [-0.05, 0) is 26.3 Å². The summed E-state index contributed by atoms with van der Waals surface area (Å²) in [5.74, 6) is 0.181. The zero-order valence-electron chi connectivity index (χ0n) is 11.1. The third-order valence-corrected chi connectivity index (χ3v) is 3.13. The van der Waals surface area contributed by atoms with Gasteiger partial charge in [0.25, 0.3) is 0 Å². The van der Waals surface area contributed by atoms with E-state index in [1.165, 1.54) is 5.56 Å². The molecule has 2 aromatic rings. The summed E-state index contributed by atoms with van der Waals surface area (Å²) in [4.78, 5) is 11.2. The van der Waals surface area contributed by atoms with E-state index in [9.17, 15) is 4.79 Å². The van der Waals surface area contributed by atoms with Gasteiger partial charge in [0.05, 0.1) is 12.2 Å². The smallest absolute Gasteiger partial charge is 0.134 e. The highest BCUT2D eigenvalue weighted by Gasteiger charge is 2.12. The highest BCUT2D eigenvalue weighted by Crippen LogP contribution is 2.15. The van der Waals surface area contributed by atoms with Crippen LogP contribution in [0.3, 0.4) is 0 Å². The van der Waals surface area contributed by atoms with Gasteiger partial charge in [0.1, 0.15) is 5.78 Å². The van der Waals surface area contributed by atoms with Gasteiger partial charge in [-0.1, -0.05) is 30.3 Å². The Kier molecular flexibility index (Phi) is 3.60. The van der Waals surface area contributed by atoms with Gasteiger partial charge in [-0.2, -0.15) is 5.10 Å². The molecule has 0 aliphatic rings. The molecule has 0 aliphatic heterocycles. The lowest BCUT2D eigenvalue weighted by Crippen LogP contribution is -2.05. The maximum absolute atomic E-state index is 11.2. The molecule has 1 aromatic heterocycles. The Bertz CT molecular complexity index is 555. The van der Waals surface area contributed by atoms with Crippen LogP contribution in [0.25, 0.3) is 0 Å². The summed E-state index contributed by atoms with van der Waals surface area (Å²) in [6.45, 7) is 6.37. The molecule has 0 amide bonds. The second kappa shape index (κ2) is 5.17. The lowest BCUT2D eigenvalue weighted by Gasteiger charge is -2.05. The minimum absolute atomic E-state index is 0.181. The minimum Gasteiger partial charge on any atom is -0.300 e. The molecule has 1 aromatic carbocycles. The van der Waals surface area contributed by atoms with Gasteiger partial charge in [0, 0.05) is 17.7 Å². The first kappa shape index (κ1) is 12.6. The molecule has 3 heteroatoms. The van der Waals surface area contributed by atoms with E-state index in [1.54, 1.807) is 6.92 Å². The number of aryl methyl sites for hydroxylation is 1. The van der Waals surface area contributed by atoms with Crippen LogP contribution in [0.1, 0.15) is 29.4 Å². The van der Waals surface area contributed by atoms with Crippen molar-refractivity contribution < 1.29 is 4.79 Å². The number of aromatic nitrogens is 2. The molecule has 0 saturated carbocycles. The molecule has 3 nitrogen and oxygen atoms in total. The van der Waals surface area contributed by atoms with Crippen LogP contribution in [0.2, 0.25) is 0 Å². The fourth-order valence-electron chi connectivity index (χ4n) is 2.15. The third kappa shape index (κ3) is 2.67. The molecule has 0 atom stereocenters. The Labute approximate surface area is 107 Å². The molecular formula is C15H18N2O. The average molecular weight is 242 g/mol. The van der Waals surface area contributed by atoms with Crippen LogP contribution in [0.15, 0.2) is 30.3 Å². The Hall–Kier alpha value is -1.90. The van der Waals surface area contributed by atoms with E-state index in [0.717, 1.165) is 23.5 Å². The Balaban J connectivity index is 2.27. The molecular weight excluding hydrogens is 224 g/mol. The largest absolute Gasteiger partial charge is 0.300 e. The van der Waals surface area contributed by atoms with Crippen LogP contribution >= 0.6 is 0 Å². The van der Waals surface area contributed by atoms with Crippen molar-refractivity contribution >= 4 is 5.78 Å². The van der Waals surface area contributed by atoms with E-state index in [-0.39, 0.29) is 5.78 Å². The summed E-state index contributed by atoms with van der Waals surface area (Å²) in [7, 11) is 0. The van der Waals surface area contributed by atoms with Gasteiger partial charge in [-0.15, -0.1) is 0 Å². The lowest BCUT2D eigenvalue weighted by molar-refractivity contribution is -0.116. The summed E-state index contributed by atoms with van der Waals surface area (Å²) in [6, 6.07) is 10.2. The van der Waals surface area contributed by atoms with Crippen molar-refractivity contribution in [2.24, 2.45) is 0 Å². The van der Waals surface area contributed by atoms with E-state index in [2.05, 4.69) is 17.2 Å². The van der Waals surface area contributed by atoms with Crippen LogP contribution in [0.5, 0.6) is 0 Å². The van der Waals surface area contributed by atoms with Crippen molar-refractivity contribution in [3.05, 3.63) is 52.8 Å². The monoisotopic (exact) mass is 242 g/mol. The maximum Gasteiger partial charge on any atom is 0.134 e. The number of hydrogen-bond acceptors (Lipinski definition) is 2. The number of hydrogen-bond donors (Lipinski definition) is 0. The van der Waals surface area contributed by atoms with E-state index in [0.29, 0.717) is 6.42 Å². The van der Waals surface area contributed by atoms with Crippen LogP contribution < -0.4 is 0 Å². The van der Waals surface area contributed by atoms with Crippen molar-refractivity contribution in [3.8, 4) is 0 Å². The second-order valence-corrected chi connectivity index (χ2v) is 4.67. The first-order chi connectivity index (χ1) is 8.58. The summed E-state index contributed by atoms with van der Waals surface area (Å²) < 4.78 is 1.98. The number of rotatable bonds is 4. The van der Waals surface area contributed by atoms with Crippen molar-refractivity contribution in [3.63, 3.8) is 0 Å². The molecule has 0 spiro atoms. The van der Waals surface area contributed by atoms with Gasteiger partial charge in [0.2, 0.25) is 0 Å². The molecule has 94 valence electrons. The van der Waals surface area contributed by atoms with Gasteiger partial charge < -0.3 is 0 Å². The standard InChI is InChI=1S/C15H18N2O/c1-11(18)9-15-12(2)16-17(13(15)3)10-14-7-5-4-6-8-14/h4-8H,9-10H2,1-3H3. The number of nitrogens with zero attached hydrogens (tertiary/aromatic N) is 2. The van der Waals surface area contributed by atoms with Gasteiger partial charge in [-0.3, -0.25) is 9.48 Å². The summed E-state index contributed by atoms with van der Waals surface area (Å²) >= 11 is 0. The first-order valence-corrected chi connectivity index (χ1v) is 6.14. The number of benzene rings is 1. The zero-order chi connectivity index (χ0) is 13.1. The van der Waals surface area contributed by atoms with Crippen molar-refractivity contribution in [1.29, 1.82) is 0 Å². The third-order valence-electron chi connectivity index (χ3n) is 3.13. The molecule has 2 rings (SSSR count). The van der Waals surface area contributed by atoms with Gasteiger partial charge in [0.15, 0.2) is 0 Å². The maximum atomic E-state index is 11.2. The molecule has 0 fully saturated rings. The first-order valence-electron chi connectivity index (χ1n) is 6.14. The minimum atomic E-state index is 0.181. The molecule has 1 heterocycles. The van der Waals surface area contributed by atoms with Crippen LogP contribution in [0.4, 0.5) is 0 Å². The Morgan fingerprint density at radius 1 is 1.22 bits per heavy atom. The molecule has 0 aliphatic carbocycles. The molecule has 0 bridgehead atoms.